The van der Waals surface area contributed by atoms with Gasteiger partial charge >= 0.3 is 0 Å². The van der Waals surface area contributed by atoms with Crippen molar-refractivity contribution in [3.8, 4) is 5.69 Å². The Morgan fingerprint density at radius 3 is 2.59 bits per heavy atom. The van der Waals surface area contributed by atoms with Gasteiger partial charge in [-0.05, 0) is 18.6 Å². The first-order chi connectivity index (χ1) is 13.0. The molecule has 8 heteroatoms. The van der Waals surface area contributed by atoms with Gasteiger partial charge in [0.1, 0.15) is 23.7 Å². The Hall–Kier alpha value is -3.68. The van der Waals surface area contributed by atoms with E-state index >= 15 is 0 Å². The van der Waals surface area contributed by atoms with Crippen LogP contribution >= 0.6 is 0 Å². The number of ketones is 1. The topological polar surface area (TPSA) is 120 Å². The van der Waals surface area contributed by atoms with Crippen molar-refractivity contribution in [2.24, 2.45) is 5.73 Å². The zero-order valence-corrected chi connectivity index (χ0v) is 14.6. The van der Waals surface area contributed by atoms with Crippen LogP contribution < -0.4 is 11.1 Å². The average Bonchev–Trinajstić information content (AvgIpc) is 3.30. The third-order valence-electron chi connectivity index (χ3n) is 3.96. The molecule has 0 fully saturated rings. The number of hydrogen-bond donors (Lipinski definition) is 2. The van der Waals surface area contributed by atoms with Gasteiger partial charge in [-0.25, -0.2) is 4.68 Å². The van der Waals surface area contributed by atoms with Crippen molar-refractivity contribution in [1.82, 2.24) is 15.1 Å². The number of carbonyl (C=O) groups excluding carboxylic acids is 3. The van der Waals surface area contributed by atoms with Gasteiger partial charge in [-0.1, -0.05) is 30.3 Å². The molecule has 8 nitrogen and oxygen atoms in total. The van der Waals surface area contributed by atoms with Crippen molar-refractivity contribution >= 4 is 17.6 Å². The number of furan rings is 1. The second-order valence-corrected chi connectivity index (χ2v) is 6.01. The fraction of sp³-hybridized carbons (Fsp3) is 0.158. The number of nitrogens with one attached hydrogen (secondary N) is 1. The first kappa shape index (κ1) is 18.1. The number of benzene rings is 1. The quantitative estimate of drug-likeness (QED) is 0.608. The molecule has 2 heterocycles. The normalized spacial score (nSPS) is 11.7. The molecule has 1 atom stereocenters. The minimum absolute atomic E-state index is 0.146. The van der Waals surface area contributed by atoms with Crippen LogP contribution in [0.5, 0.6) is 0 Å². The average molecular weight is 366 g/mol. The number of amides is 2. The summed E-state index contributed by atoms with van der Waals surface area (Å²) in [5.74, 6) is -2.51. The standard InChI is InChI=1S/C19H18N4O4/c1-12-9-16(23(22-12)14-7-8-27-11-14)19(26)21-15(17(24)18(20)25)10-13-5-3-2-4-6-13/h2-9,11,15H,10H2,1H3,(H2,20,25)(H,21,26). The number of primary amides is 1. The van der Waals surface area contributed by atoms with Crippen molar-refractivity contribution in [3.63, 3.8) is 0 Å². The Morgan fingerprint density at radius 1 is 1.22 bits per heavy atom. The molecule has 3 aromatic rings. The highest BCUT2D eigenvalue weighted by Crippen LogP contribution is 2.14. The van der Waals surface area contributed by atoms with Gasteiger partial charge in [0, 0.05) is 12.5 Å². The van der Waals surface area contributed by atoms with E-state index in [1.807, 2.05) is 6.07 Å². The van der Waals surface area contributed by atoms with E-state index in [1.54, 1.807) is 43.3 Å². The van der Waals surface area contributed by atoms with Crippen molar-refractivity contribution < 1.29 is 18.8 Å². The van der Waals surface area contributed by atoms with Crippen LogP contribution in [-0.4, -0.2) is 33.4 Å². The van der Waals surface area contributed by atoms with Gasteiger partial charge < -0.3 is 15.5 Å². The van der Waals surface area contributed by atoms with Gasteiger partial charge in [-0.15, -0.1) is 0 Å². The Balaban J connectivity index is 1.87. The lowest BCUT2D eigenvalue weighted by Crippen LogP contribution is -2.47. The van der Waals surface area contributed by atoms with Crippen LogP contribution in [0.2, 0.25) is 0 Å². The van der Waals surface area contributed by atoms with Gasteiger partial charge in [0.15, 0.2) is 0 Å². The molecule has 0 aliphatic rings. The fourth-order valence-corrected chi connectivity index (χ4v) is 2.70. The van der Waals surface area contributed by atoms with E-state index in [0.717, 1.165) is 5.56 Å². The molecule has 0 saturated heterocycles. The molecule has 27 heavy (non-hydrogen) atoms. The molecule has 0 spiro atoms. The van der Waals surface area contributed by atoms with Crippen LogP contribution in [0.15, 0.2) is 59.4 Å². The highest BCUT2D eigenvalue weighted by Gasteiger charge is 2.27. The number of Topliss-reactive ketones (excluding diaryl/α,β-unsaturated/α-hetero) is 1. The second kappa shape index (κ2) is 7.69. The van der Waals surface area contributed by atoms with E-state index < -0.39 is 23.6 Å². The second-order valence-electron chi connectivity index (χ2n) is 6.01. The molecule has 2 amide bonds. The van der Waals surface area contributed by atoms with Gasteiger partial charge in [-0.2, -0.15) is 5.10 Å². The largest absolute Gasteiger partial charge is 0.470 e. The fourth-order valence-electron chi connectivity index (χ4n) is 2.70. The molecule has 0 saturated carbocycles. The van der Waals surface area contributed by atoms with Crippen molar-refractivity contribution in [2.45, 2.75) is 19.4 Å². The van der Waals surface area contributed by atoms with Crippen molar-refractivity contribution in [2.75, 3.05) is 0 Å². The molecule has 3 rings (SSSR count). The van der Waals surface area contributed by atoms with Gasteiger partial charge in [-0.3, -0.25) is 14.4 Å². The molecule has 1 aromatic carbocycles. The smallest absolute Gasteiger partial charge is 0.287 e. The van der Waals surface area contributed by atoms with Crippen LogP contribution in [0.25, 0.3) is 5.69 Å². The molecule has 0 aliphatic heterocycles. The van der Waals surface area contributed by atoms with Crippen molar-refractivity contribution in [1.29, 1.82) is 0 Å². The Bertz CT molecular complexity index is 961. The lowest BCUT2D eigenvalue weighted by molar-refractivity contribution is -0.137. The SMILES string of the molecule is Cc1cc(C(=O)NC(Cc2ccccc2)C(=O)C(N)=O)n(-c2ccoc2)n1. The number of aryl methyl sites for hydroxylation is 1. The van der Waals surface area contributed by atoms with Gasteiger partial charge in [0.2, 0.25) is 5.78 Å². The van der Waals surface area contributed by atoms with E-state index in [9.17, 15) is 14.4 Å². The predicted octanol–water partition coefficient (Wildman–Crippen LogP) is 1.17. The lowest BCUT2D eigenvalue weighted by atomic mass is 10.0. The molecule has 3 N–H and O–H groups in total. The minimum atomic E-state index is -1.10. The number of nitrogens with zero attached hydrogens (tertiary/aromatic N) is 2. The maximum atomic E-state index is 12.8. The summed E-state index contributed by atoms with van der Waals surface area (Å²) in [5, 5.41) is 6.86. The summed E-state index contributed by atoms with van der Waals surface area (Å²) in [6, 6.07) is 11.2. The van der Waals surface area contributed by atoms with E-state index in [-0.39, 0.29) is 12.1 Å². The molecule has 0 radical (unpaired) electrons. The molecule has 0 aliphatic carbocycles. The first-order valence-corrected chi connectivity index (χ1v) is 8.23. The summed E-state index contributed by atoms with van der Waals surface area (Å²) in [4.78, 5) is 36.4. The molecule has 1 unspecified atom stereocenters. The summed E-state index contributed by atoms with van der Waals surface area (Å²) in [5.41, 5.74) is 7.32. The van der Waals surface area contributed by atoms with E-state index in [1.165, 1.54) is 17.2 Å². The molecule has 0 bridgehead atoms. The predicted molar refractivity (Wildman–Crippen MR) is 96.2 cm³/mol. The molecular formula is C19H18N4O4. The third-order valence-corrected chi connectivity index (χ3v) is 3.96. The number of nitrogens with two attached hydrogens (primary N) is 1. The summed E-state index contributed by atoms with van der Waals surface area (Å²) in [6.07, 6.45) is 3.05. The van der Waals surface area contributed by atoms with Crippen LogP contribution in [0.4, 0.5) is 0 Å². The minimum Gasteiger partial charge on any atom is -0.470 e. The summed E-state index contributed by atoms with van der Waals surface area (Å²) in [7, 11) is 0. The van der Waals surface area contributed by atoms with Crippen LogP contribution in [0, 0.1) is 6.92 Å². The molecule has 138 valence electrons. The van der Waals surface area contributed by atoms with Gasteiger partial charge in [0.05, 0.1) is 12.0 Å². The third kappa shape index (κ3) is 4.12. The Morgan fingerprint density at radius 2 is 1.96 bits per heavy atom. The zero-order valence-electron chi connectivity index (χ0n) is 14.6. The Labute approximate surface area is 155 Å². The number of hydrogen-bond acceptors (Lipinski definition) is 5. The Kier molecular flexibility index (Phi) is 5.16. The van der Waals surface area contributed by atoms with Crippen LogP contribution in [0.1, 0.15) is 21.7 Å². The number of carbonyl (C=O) groups is 3. The molecular weight excluding hydrogens is 348 g/mol. The van der Waals surface area contributed by atoms with E-state index in [0.29, 0.717) is 11.4 Å². The maximum Gasteiger partial charge on any atom is 0.287 e. The monoisotopic (exact) mass is 366 g/mol. The highest BCUT2D eigenvalue weighted by molar-refractivity contribution is 6.38. The summed E-state index contributed by atoms with van der Waals surface area (Å²) >= 11 is 0. The summed E-state index contributed by atoms with van der Waals surface area (Å²) < 4.78 is 6.44. The maximum absolute atomic E-state index is 12.8. The van der Waals surface area contributed by atoms with Gasteiger partial charge in [0.25, 0.3) is 11.8 Å². The molecule has 2 aromatic heterocycles. The van der Waals surface area contributed by atoms with E-state index in [2.05, 4.69) is 10.4 Å². The number of aromatic nitrogens is 2. The van der Waals surface area contributed by atoms with Crippen LogP contribution in [-0.2, 0) is 16.0 Å². The summed E-state index contributed by atoms with van der Waals surface area (Å²) in [6.45, 7) is 1.74. The van der Waals surface area contributed by atoms with Crippen LogP contribution in [0.3, 0.4) is 0 Å². The first-order valence-electron chi connectivity index (χ1n) is 8.23. The zero-order chi connectivity index (χ0) is 19.4. The number of rotatable bonds is 7. The van der Waals surface area contributed by atoms with E-state index in [4.69, 9.17) is 10.2 Å². The van der Waals surface area contributed by atoms with Crippen molar-refractivity contribution in [3.05, 3.63) is 71.9 Å². The lowest BCUT2D eigenvalue weighted by Gasteiger charge is -2.16. The highest BCUT2D eigenvalue weighted by atomic mass is 16.3.